The van der Waals surface area contributed by atoms with Crippen LogP contribution in [0.25, 0.3) is 10.8 Å². The van der Waals surface area contributed by atoms with Crippen LogP contribution in [0, 0.1) is 0 Å². The monoisotopic (exact) mass is 214 g/mol. The van der Waals surface area contributed by atoms with E-state index in [9.17, 15) is 14.7 Å². The van der Waals surface area contributed by atoms with Gasteiger partial charge in [0.25, 0.3) is 0 Å². The van der Waals surface area contributed by atoms with Gasteiger partial charge in [0, 0.05) is 11.1 Å². The topological polar surface area (TPSA) is 83.2 Å². The number of benzene rings is 2. The number of carbonyl (C=O) groups excluding carboxylic acids is 2. The molecule has 2 aromatic rings. The Kier molecular flexibility index (Phi) is 2.32. The van der Waals surface area contributed by atoms with E-state index >= 15 is 0 Å². The smallest absolute Gasteiger partial charge is 0.249 e. The minimum absolute atomic E-state index is 0.0561. The molecule has 4 nitrogen and oxygen atoms in total. The first-order chi connectivity index (χ1) is 7.61. The maximum Gasteiger partial charge on any atom is 0.249 e. The van der Waals surface area contributed by atoms with E-state index < -0.39 is 11.9 Å². The van der Waals surface area contributed by atoms with Crippen LogP contribution < -0.4 is 10.8 Å². The molecule has 0 aliphatic rings. The van der Waals surface area contributed by atoms with E-state index in [4.69, 9.17) is 5.73 Å². The molecule has 2 rings (SSSR count). The summed E-state index contributed by atoms with van der Waals surface area (Å²) < 4.78 is 0. The summed E-state index contributed by atoms with van der Waals surface area (Å²) in [5, 5.41) is 11.9. The quantitative estimate of drug-likeness (QED) is 0.780. The maximum atomic E-state index is 11.2. The molecule has 2 aromatic carbocycles. The molecule has 0 saturated heterocycles. The number of carbonyl (C=O) groups is 2. The second kappa shape index (κ2) is 3.66. The number of rotatable bonds is 2. The van der Waals surface area contributed by atoms with E-state index in [0.29, 0.717) is 16.3 Å². The highest BCUT2D eigenvalue weighted by Gasteiger charge is 2.09. The fourth-order valence-corrected chi connectivity index (χ4v) is 1.69. The molecule has 2 N–H and O–H groups in total. The molecule has 0 heterocycles. The highest BCUT2D eigenvalue weighted by Crippen LogP contribution is 2.22. The number of fused-ring (bicyclic) bond motifs is 1. The molecule has 0 radical (unpaired) electrons. The third-order valence-corrected chi connectivity index (χ3v) is 2.41. The van der Waals surface area contributed by atoms with Gasteiger partial charge < -0.3 is 15.6 Å². The number of hydrogen-bond acceptors (Lipinski definition) is 3. The van der Waals surface area contributed by atoms with Gasteiger partial charge in [0.15, 0.2) is 0 Å². The molecule has 0 bridgehead atoms. The van der Waals surface area contributed by atoms with E-state index in [1.165, 1.54) is 12.1 Å². The summed E-state index contributed by atoms with van der Waals surface area (Å²) >= 11 is 0. The molecule has 0 fully saturated rings. The Morgan fingerprint density at radius 1 is 0.938 bits per heavy atom. The first-order valence-corrected chi connectivity index (χ1v) is 4.64. The normalized spacial score (nSPS) is 10.2. The summed E-state index contributed by atoms with van der Waals surface area (Å²) in [6.07, 6.45) is 0. The molecule has 0 aliphatic heterocycles. The van der Waals surface area contributed by atoms with Gasteiger partial charge in [-0.15, -0.1) is 0 Å². The third kappa shape index (κ3) is 1.50. The first kappa shape index (κ1) is 10.2. The zero-order chi connectivity index (χ0) is 11.7. The van der Waals surface area contributed by atoms with Crippen LogP contribution >= 0.6 is 0 Å². The minimum atomic E-state index is -1.27. The molecular weight excluding hydrogens is 206 g/mol. The Balaban J connectivity index is 2.87. The van der Waals surface area contributed by atoms with Crippen molar-refractivity contribution in [2.45, 2.75) is 0 Å². The molecule has 0 spiro atoms. The molecule has 0 saturated carbocycles. The molecular formula is C12H8NO3-. The number of carboxylic acids is 1. The van der Waals surface area contributed by atoms with E-state index in [1.807, 2.05) is 0 Å². The van der Waals surface area contributed by atoms with Crippen molar-refractivity contribution in [1.29, 1.82) is 0 Å². The summed E-state index contributed by atoms with van der Waals surface area (Å²) in [5.41, 5.74) is 5.57. The van der Waals surface area contributed by atoms with Crippen LogP contribution in [0.2, 0.25) is 0 Å². The van der Waals surface area contributed by atoms with Crippen molar-refractivity contribution >= 4 is 22.6 Å². The van der Waals surface area contributed by atoms with Crippen molar-refractivity contribution in [2.24, 2.45) is 5.73 Å². The van der Waals surface area contributed by atoms with Gasteiger partial charge in [-0.25, -0.2) is 0 Å². The molecule has 4 heteroatoms. The van der Waals surface area contributed by atoms with Gasteiger partial charge in [-0.05, 0) is 16.8 Å². The maximum absolute atomic E-state index is 11.2. The van der Waals surface area contributed by atoms with E-state index in [-0.39, 0.29) is 5.56 Å². The van der Waals surface area contributed by atoms with E-state index in [1.54, 1.807) is 24.3 Å². The van der Waals surface area contributed by atoms with Crippen LogP contribution in [0.1, 0.15) is 20.7 Å². The van der Waals surface area contributed by atoms with Crippen molar-refractivity contribution < 1.29 is 14.7 Å². The van der Waals surface area contributed by atoms with Gasteiger partial charge in [0.1, 0.15) is 0 Å². The van der Waals surface area contributed by atoms with Crippen LogP contribution in [0.5, 0.6) is 0 Å². The molecule has 1 amide bonds. The molecule has 0 atom stereocenters. The Labute approximate surface area is 91.3 Å². The number of primary amides is 1. The fraction of sp³-hybridized carbons (Fsp3) is 0. The SMILES string of the molecule is NC(=O)c1ccc(C(=O)[O-])c2ccccc12. The average molecular weight is 214 g/mol. The fourth-order valence-electron chi connectivity index (χ4n) is 1.69. The molecule has 0 aliphatic carbocycles. The predicted molar refractivity (Wildman–Crippen MR) is 56.8 cm³/mol. The van der Waals surface area contributed by atoms with Crippen LogP contribution in [0.15, 0.2) is 36.4 Å². The Morgan fingerprint density at radius 2 is 1.44 bits per heavy atom. The minimum Gasteiger partial charge on any atom is -0.545 e. The highest BCUT2D eigenvalue weighted by molar-refractivity contribution is 6.11. The third-order valence-electron chi connectivity index (χ3n) is 2.41. The molecule has 0 aromatic heterocycles. The first-order valence-electron chi connectivity index (χ1n) is 4.64. The summed E-state index contributed by atoms with van der Waals surface area (Å²) in [6, 6.07) is 9.41. The lowest BCUT2D eigenvalue weighted by atomic mass is 9.99. The molecule has 0 unspecified atom stereocenters. The Hall–Kier alpha value is -2.36. The summed E-state index contributed by atoms with van der Waals surface area (Å²) in [4.78, 5) is 22.0. The van der Waals surface area contributed by atoms with Gasteiger partial charge in [-0.1, -0.05) is 30.3 Å². The number of carboxylic acid groups (broad SMARTS) is 1. The number of hydrogen-bond donors (Lipinski definition) is 1. The van der Waals surface area contributed by atoms with Crippen molar-refractivity contribution in [3.8, 4) is 0 Å². The van der Waals surface area contributed by atoms with Crippen molar-refractivity contribution in [3.05, 3.63) is 47.5 Å². The van der Waals surface area contributed by atoms with Crippen LogP contribution in [-0.2, 0) is 0 Å². The lowest BCUT2D eigenvalue weighted by Gasteiger charge is -2.09. The number of aromatic carboxylic acids is 1. The second-order valence-electron chi connectivity index (χ2n) is 3.36. The number of nitrogens with two attached hydrogens (primary N) is 1. The number of amides is 1. The van der Waals surface area contributed by atoms with Crippen molar-refractivity contribution in [1.82, 2.24) is 0 Å². The second-order valence-corrected chi connectivity index (χ2v) is 3.36. The lowest BCUT2D eigenvalue weighted by Crippen LogP contribution is -2.23. The van der Waals surface area contributed by atoms with Crippen LogP contribution in [0.3, 0.4) is 0 Å². The van der Waals surface area contributed by atoms with Gasteiger partial charge in [-0.3, -0.25) is 4.79 Å². The van der Waals surface area contributed by atoms with Crippen LogP contribution in [0.4, 0.5) is 0 Å². The molecule has 16 heavy (non-hydrogen) atoms. The Bertz CT molecular complexity index is 537. The van der Waals surface area contributed by atoms with Crippen molar-refractivity contribution in [2.75, 3.05) is 0 Å². The van der Waals surface area contributed by atoms with Crippen molar-refractivity contribution in [3.63, 3.8) is 0 Å². The largest absolute Gasteiger partial charge is 0.545 e. The van der Waals surface area contributed by atoms with Crippen LogP contribution in [-0.4, -0.2) is 11.9 Å². The Morgan fingerprint density at radius 3 is 1.94 bits per heavy atom. The van der Waals surface area contributed by atoms with Gasteiger partial charge >= 0.3 is 0 Å². The van der Waals surface area contributed by atoms with Gasteiger partial charge in [0.05, 0.1) is 5.97 Å². The predicted octanol–water partition coefficient (Wildman–Crippen LogP) is 0.302. The van der Waals surface area contributed by atoms with E-state index in [2.05, 4.69) is 0 Å². The zero-order valence-corrected chi connectivity index (χ0v) is 8.27. The summed E-state index contributed by atoms with van der Waals surface area (Å²) in [5.74, 6) is -1.85. The average Bonchev–Trinajstić information content (AvgIpc) is 2.27. The molecule has 80 valence electrons. The highest BCUT2D eigenvalue weighted by atomic mass is 16.4. The standard InChI is InChI=1S/C12H9NO3/c13-11(14)9-5-6-10(12(15)16)8-4-2-1-3-7(8)9/h1-6H,(H2,13,14)(H,15,16)/p-1. The lowest BCUT2D eigenvalue weighted by molar-refractivity contribution is -0.254. The van der Waals surface area contributed by atoms with Gasteiger partial charge in [-0.2, -0.15) is 0 Å². The summed E-state index contributed by atoms with van der Waals surface area (Å²) in [7, 11) is 0. The van der Waals surface area contributed by atoms with E-state index in [0.717, 1.165) is 0 Å². The van der Waals surface area contributed by atoms with Gasteiger partial charge in [0.2, 0.25) is 5.91 Å². The summed E-state index contributed by atoms with van der Waals surface area (Å²) in [6.45, 7) is 0. The zero-order valence-electron chi connectivity index (χ0n) is 8.27.